The second kappa shape index (κ2) is 10.5. The molecule has 1 atom stereocenters. The molecular formula is C23H24F2N4O2. The number of hydrogen-bond acceptors (Lipinski definition) is 3. The van der Waals surface area contributed by atoms with Gasteiger partial charge in [0.25, 0.3) is 0 Å². The van der Waals surface area contributed by atoms with Gasteiger partial charge < -0.3 is 10.6 Å². The van der Waals surface area contributed by atoms with E-state index in [-0.39, 0.29) is 12.0 Å². The molecule has 1 heterocycles. The summed E-state index contributed by atoms with van der Waals surface area (Å²) >= 11 is 0. The van der Waals surface area contributed by atoms with Crippen molar-refractivity contribution in [1.82, 2.24) is 15.5 Å². The van der Waals surface area contributed by atoms with E-state index in [2.05, 4.69) is 20.8 Å². The van der Waals surface area contributed by atoms with Crippen LogP contribution in [0.15, 0.2) is 54.6 Å². The van der Waals surface area contributed by atoms with Crippen molar-refractivity contribution in [2.24, 2.45) is 0 Å². The summed E-state index contributed by atoms with van der Waals surface area (Å²) in [5, 5.41) is 12.4. The van der Waals surface area contributed by atoms with Crippen molar-refractivity contribution in [3.63, 3.8) is 0 Å². The van der Waals surface area contributed by atoms with Crippen LogP contribution >= 0.6 is 0 Å². The van der Waals surface area contributed by atoms with Crippen LogP contribution in [0.1, 0.15) is 31.7 Å². The van der Waals surface area contributed by atoms with E-state index in [4.69, 9.17) is 0 Å². The first-order chi connectivity index (χ1) is 14.9. The van der Waals surface area contributed by atoms with Crippen LogP contribution in [0.25, 0.3) is 11.3 Å². The van der Waals surface area contributed by atoms with Crippen LogP contribution in [-0.4, -0.2) is 28.1 Å². The van der Waals surface area contributed by atoms with Crippen molar-refractivity contribution < 1.29 is 18.4 Å². The van der Waals surface area contributed by atoms with Gasteiger partial charge in [0.2, 0.25) is 11.8 Å². The average Bonchev–Trinajstić information content (AvgIpc) is 3.19. The van der Waals surface area contributed by atoms with E-state index in [9.17, 15) is 18.4 Å². The van der Waals surface area contributed by atoms with Crippen molar-refractivity contribution in [2.45, 2.75) is 38.6 Å². The van der Waals surface area contributed by atoms with Crippen molar-refractivity contribution in [3.05, 3.63) is 71.8 Å². The molecule has 2 amide bonds. The third-order valence-corrected chi connectivity index (χ3v) is 4.70. The number of amides is 2. The van der Waals surface area contributed by atoms with E-state index in [1.807, 2.05) is 37.3 Å². The molecular weight excluding hydrogens is 402 g/mol. The maximum absolute atomic E-state index is 13.4. The fraction of sp³-hybridized carbons (Fsp3) is 0.261. The largest absolute Gasteiger partial charge is 0.344 e. The summed E-state index contributed by atoms with van der Waals surface area (Å²) in [5.41, 5.74) is 1.87. The highest BCUT2D eigenvalue weighted by molar-refractivity contribution is 5.97. The van der Waals surface area contributed by atoms with Gasteiger partial charge in [-0.2, -0.15) is 5.10 Å². The van der Waals surface area contributed by atoms with Gasteiger partial charge in [0, 0.05) is 12.1 Å². The zero-order chi connectivity index (χ0) is 22.2. The predicted molar refractivity (Wildman–Crippen MR) is 114 cm³/mol. The highest BCUT2D eigenvalue weighted by Gasteiger charge is 2.21. The maximum Gasteiger partial charge on any atom is 0.248 e. The number of carbonyl (C=O) groups excluding carboxylic acids is 2. The van der Waals surface area contributed by atoms with Crippen molar-refractivity contribution in [3.8, 4) is 11.3 Å². The third kappa shape index (κ3) is 6.47. The van der Waals surface area contributed by atoms with Crippen LogP contribution in [0.3, 0.4) is 0 Å². The normalized spacial score (nSPS) is 11.7. The number of aromatic nitrogens is 2. The molecule has 162 valence electrons. The van der Waals surface area contributed by atoms with E-state index in [1.54, 1.807) is 6.07 Å². The van der Waals surface area contributed by atoms with Crippen LogP contribution in [0.4, 0.5) is 14.6 Å². The van der Waals surface area contributed by atoms with Crippen molar-refractivity contribution in [2.75, 3.05) is 5.32 Å². The molecule has 0 bridgehead atoms. The standard InChI is InChI=1S/C23H24F2N4O2/c1-2-3-9-19(26-22(30)12-15-10-17(24)13-18(25)11-15)23(31)27-21-14-20(28-29-21)16-7-5-4-6-8-16/h4-8,10-11,13-14,19H,2-3,9,12H2,1H3,(H,26,30)(H2,27,28,29,31). The molecule has 6 nitrogen and oxygen atoms in total. The first-order valence-electron chi connectivity index (χ1n) is 10.1. The van der Waals surface area contributed by atoms with Crippen LogP contribution in [0, 0.1) is 11.6 Å². The number of aromatic amines is 1. The fourth-order valence-electron chi connectivity index (χ4n) is 3.19. The molecule has 8 heteroatoms. The Morgan fingerprint density at radius 2 is 1.77 bits per heavy atom. The zero-order valence-electron chi connectivity index (χ0n) is 17.1. The molecule has 0 saturated heterocycles. The monoisotopic (exact) mass is 426 g/mol. The minimum Gasteiger partial charge on any atom is -0.344 e. The smallest absolute Gasteiger partial charge is 0.248 e. The maximum atomic E-state index is 13.4. The van der Waals surface area contributed by atoms with Gasteiger partial charge in [-0.3, -0.25) is 14.7 Å². The van der Waals surface area contributed by atoms with Gasteiger partial charge >= 0.3 is 0 Å². The first kappa shape index (κ1) is 22.1. The number of rotatable bonds is 9. The Kier molecular flexibility index (Phi) is 7.48. The number of anilines is 1. The lowest BCUT2D eigenvalue weighted by Gasteiger charge is -2.17. The summed E-state index contributed by atoms with van der Waals surface area (Å²) in [4.78, 5) is 25.2. The third-order valence-electron chi connectivity index (χ3n) is 4.70. The van der Waals surface area contributed by atoms with Gasteiger partial charge in [-0.25, -0.2) is 8.78 Å². The van der Waals surface area contributed by atoms with Gasteiger partial charge in [0.05, 0.1) is 12.1 Å². The highest BCUT2D eigenvalue weighted by Crippen LogP contribution is 2.19. The summed E-state index contributed by atoms with van der Waals surface area (Å²) in [6.07, 6.45) is 1.77. The lowest BCUT2D eigenvalue weighted by Crippen LogP contribution is -2.44. The Morgan fingerprint density at radius 1 is 1.06 bits per heavy atom. The lowest BCUT2D eigenvalue weighted by molar-refractivity contribution is -0.126. The topological polar surface area (TPSA) is 86.9 Å². The number of benzene rings is 2. The van der Waals surface area contributed by atoms with Gasteiger partial charge in [0.15, 0.2) is 5.82 Å². The number of hydrogen-bond donors (Lipinski definition) is 3. The SMILES string of the molecule is CCCCC(NC(=O)Cc1cc(F)cc(F)c1)C(=O)Nc1cc(-c2ccccc2)[nH]n1. The molecule has 3 aromatic rings. The molecule has 0 spiro atoms. The Hall–Kier alpha value is -3.55. The summed E-state index contributed by atoms with van der Waals surface area (Å²) < 4.78 is 26.7. The van der Waals surface area contributed by atoms with E-state index in [0.29, 0.717) is 12.2 Å². The van der Waals surface area contributed by atoms with Crippen molar-refractivity contribution in [1.29, 1.82) is 0 Å². The molecule has 0 radical (unpaired) electrons. The van der Waals surface area contributed by atoms with Crippen LogP contribution in [-0.2, 0) is 16.0 Å². The summed E-state index contributed by atoms with van der Waals surface area (Å²) in [7, 11) is 0. The quantitative estimate of drug-likeness (QED) is 0.479. The average molecular weight is 426 g/mol. The highest BCUT2D eigenvalue weighted by atomic mass is 19.1. The Bertz CT molecular complexity index is 1020. The summed E-state index contributed by atoms with van der Waals surface area (Å²) in [6, 6.07) is 13.4. The van der Waals surface area contributed by atoms with Gasteiger partial charge in [-0.05, 0) is 29.7 Å². The van der Waals surface area contributed by atoms with E-state index < -0.39 is 29.5 Å². The Labute approximate surface area is 179 Å². The number of carbonyl (C=O) groups is 2. The number of nitrogens with one attached hydrogen (secondary N) is 3. The molecule has 3 N–H and O–H groups in total. The lowest BCUT2D eigenvalue weighted by atomic mass is 10.1. The molecule has 0 fully saturated rings. The minimum absolute atomic E-state index is 0.199. The molecule has 0 aliphatic carbocycles. The molecule has 1 aromatic heterocycles. The van der Waals surface area contributed by atoms with Crippen LogP contribution in [0.5, 0.6) is 0 Å². The van der Waals surface area contributed by atoms with E-state index >= 15 is 0 Å². The van der Waals surface area contributed by atoms with Gasteiger partial charge in [-0.15, -0.1) is 0 Å². The van der Waals surface area contributed by atoms with Gasteiger partial charge in [-0.1, -0.05) is 50.1 Å². The van der Waals surface area contributed by atoms with Crippen molar-refractivity contribution >= 4 is 17.6 Å². The number of H-pyrrole nitrogens is 1. The fourth-order valence-corrected chi connectivity index (χ4v) is 3.19. The molecule has 0 aliphatic rings. The molecule has 1 unspecified atom stereocenters. The zero-order valence-corrected chi connectivity index (χ0v) is 17.1. The molecule has 3 rings (SSSR count). The Morgan fingerprint density at radius 3 is 2.45 bits per heavy atom. The van der Waals surface area contributed by atoms with Gasteiger partial charge in [0.1, 0.15) is 17.7 Å². The number of unbranched alkanes of at least 4 members (excludes halogenated alkanes) is 1. The van der Waals surface area contributed by atoms with Crippen LogP contribution < -0.4 is 10.6 Å². The summed E-state index contributed by atoms with van der Waals surface area (Å²) in [5.74, 6) is -2.06. The molecule has 0 saturated carbocycles. The first-order valence-corrected chi connectivity index (χ1v) is 10.1. The Balaban J connectivity index is 1.64. The second-order valence-electron chi connectivity index (χ2n) is 7.24. The van der Waals surface area contributed by atoms with Crippen LogP contribution in [0.2, 0.25) is 0 Å². The molecule has 2 aromatic carbocycles. The van der Waals surface area contributed by atoms with E-state index in [1.165, 1.54) is 0 Å². The number of halogens is 2. The second-order valence-corrected chi connectivity index (χ2v) is 7.24. The number of nitrogens with zero attached hydrogens (tertiary/aromatic N) is 1. The molecule has 0 aliphatic heterocycles. The minimum atomic E-state index is -0.789. The van der Waals surface area contributed by atoms with E-state index in [0.717, 1.165) is 42.3 Å². The predicted octanol–water partition coefficient (Wildman–Crippen LogP) is 4.21. The molecule has 31 heavy (non-hydrogen) atoms. The summed E-state index contributed by atoms with van der Waals surface area (Å²) in [6.45, 7) is 1.98.